The summed E-state index contributed by atoms with van der Waals surface area (Å²) in [7, 11) is 0. The minimum Gasteiger partial charge on any atom is -0.508 e. The van der Waals surface area contributed by atoms with Gasteiger partial charge in [0.15, 0.2) is 0 Å². The molecule has 1 heterocycles. The van der Waals surface area contributed by atoms with Gasteiger partial charge in [-0.2, -0.15) is 0 Å². The molecule has 19 heavy (non-hydrogen) atoms. The number of aryl methyl sites for hydroxylation is 1. The molecular weight excluding hydrogens is 250 g/mol. The van der Waals surface area contributed by atoms with Crippen molar-refractivity contribution in [1.29, 1.82) is 0 Å². The molecule has 5 heteroatoms. The maximum absolute atomic E-state index is 12.8. The normalized spacial score (nSPS) is 18.7. The molecule has 106 valence electrons. The van der Waals surface area contributed by atoms with Crippen molar-refractivity contribution in [1.82, 2.24) is 10.2 Å². The van der Waals surface area contributed by atoms with Crippen LogP contribution in [-0.4, -0.2) is 42.6 Å². The lowest BCUT2D eigenvalue weighted by atomic mass is 9.98. The van der Waals surface area contributed by atoms with E-state index >= 15 is 0 Å². The maximum Gasteiger partial charge on any atom is 0.240 e. The maximum atomic E-state index is 12.8. The largest absolute Gasteiger partial charge is 0.508 e. The predicted molar refractivity (Wildman–Crippen MR) is 70.6 cm³/mol. The second-order valence-electron chi connectivity index (χ2n) is 4.99. The molecule has 0 aromatic heterocycles. The number of nitrogens with one attached hydrogen (secondary N) is 1. The molecule has 1 saturated heterocycles. The Balaban J connectivity index is 2.27. The Morgan fingerprint density at radius 3 is 2.63 bits per heavy atom. The molecule has 2 rings (SSSR count). The molecule has 0 amide bonds. The number of phenols is 1. The van der Waals surface area contributed by atoms with E-state index in [9.17, 15) is 13.9 Å². The predicted octanol–water partition coefficient (Wildman–Crippen LogP) is 2.30. The Bertz CT molecular complexity index is 420. The van der Waals surface area contributed by atoms with Crippen molar-refractivity contribution in [3.05, 3.63) is 29.3 Å². The third kappa shape index (κ3) is 3.64. The number of piperazine rings is 1. The summed E-state index contributed by atoms with van der Waals surface area (Å²) in [6, 6.07) is 4.77. The van der Waals surface area contributed by atoms with Crippen LogP contribution < -0.4 is 5.32 Å². The van der Waals surface area contributed by atoms with Crippen molar-refractivity contribution in [3.8, 4) is 5.75 Å². The zero-order valence-corrected chi connectivity index (χ0v) is 11.1. The van der Waals surface area contributed by atoms with Gasteiger partial charge in [-0.3, -0.25) is 4.90 Å². The van der Waals surface area contributed by atoms with Gasteiger partial charge in [0.05, 0.1) is 0 Å². The van der Waals surface area contributed by atoms with Crippen LogP contribution in [-0.2, 0) is 0 Å². The minimum absolute atomic E-state index is 0.106. The van der Waals surface area contributed by atoms with Crippen molar-refractivity contribution in [2.45, 2.75) is 25.8 Å². The van der Waals surface area contributed by atoms with Gasteiger partial charge in [0.25, 0.3) is 0 Å². The van der Waals surface area contributed by atoms with Crippen LogP contribution in [0.15, 0.2) is 18.2 Å². The molecule has 0 bridgehead atoms. The average Bonchev–Trinajstić information content (AvgIpc) is 2.40. The molecular formula is C14H20F2N2O. The molecule has 1 aromatic carbocycles. The second kappa shape index (κ2) is 6.30. The Labute approximate surface area is 112 Å². The van der Waals surface area contributed by atoms with Crippen LogP contribution in [0.3, 0.4) is 0 Å². The summed E-state index contributed by atoms with van der Waals surface area (Å²) in [6.07, 6.45) is -2.61. The number of phenolic OH excluding ortho intramolecular Hbond substituents is 1. The third-order valence-corrected chi connectivity index (χ3v) is 3.54. The summed E-state index contributed by atoms with van der Waals surface area (Å²) >= 11 is 0. The number of hydrogen-bond acceptors (Lipinski definition) is 3. The summed E-state index contributed by atoms with van der Waals surface area (Å²) in [5.41, 5.74) is 1.59. The van der Waals surface area contributed by atoms with E-state index in [2.05, 4.69) is 5.32 Å². The topological polar surface area (TPSA) is 35.5 Å². The van der Waals surface area contributed by atoms with Gasteiger partial charge in [-0.05, 0) is 13.0 Å². The number of hydrogen-bond donors (Lipinski definition) is 2. The van der Waals surface area contributed by atoms with Crippen LogP contribution in [0.25, 0.3) is 0 Å². The van der Waals surface area contributed by atoms with Gasteiger partial charge in [0, 0.05) is 44.2 Å². The first-order valence-corrected chi connectivity index (χ1v) is 6.60. The first kappa shape index (κ1) is 14.2. The van der Waals surface area contributed by atoms with Gasteiger partial charge in [-0.1, -0.05) is 17.7 Å². The van der Waals surface area contributed by atoms with Crippen LogP contribution in [0.5, 0.6) is 5.75 Å². The number of rotatable bonds is 4. The average molecular weight is 270 g/mol. The molecule has 0 unspecified atom stereocenters. The van der Waals surface area contributed by atoms with Crippen molar-refractivity contribution >= 4 is 0 Å². The first-order chi connectivity index (χ1) is 9.08. The number of aromatic hydroxyl groups is 1. The van der Waals surface area contributed by atoms with Gasteiger partial charge < -0.3 is 10.4 Å². The van der Waals surface area contributed by atoms with E-state index in [1.807, 2.05) is 17.9 Å². The summed E-state index contributed by atoms with van der Waals surface area (Å²) in [5.74, 6) is 0.106. The Morgan fingerprint density at radius 2 is 2.00 bits per heavy atom. The number of nitrogens with zero attached hydrogens (tertiary/aromatic N) is 1. The molecule has 0 spiro atoms. The highest BCUT2D eigenvalue weighted by molar-refractivity contribution is 5.38. The fraction of sp³-hybridized carbons (Fsp3) is 0.571. The van der Waals surface area contributed by atoms with E-state index in [0.29, 0.717) is 5.56 Å². The van der Waals surface area contributed by atoms with Crippen LogP contribution in [0.2, 0.25) is 0 Å². The standard InChI is InChI=1S/C14H20F2N2O/c1-10-2-3-13(19)11(8-10)12(9-14(15)16)18-6-4-17-5-7-18/h2-3,8,12,14,17,19H,4-7,9H2,1H3/t12-/m1/s1. The zero-order chi connectivity index (χ0) is 13.8. The van der Waals surface area contributed by atoms with Crippen LogP contribution in [0, 0.1) is 6.92 Å². The lowest BCUT2D eigenvalue weighted by Gasteiger charge is -2.35. The highest BCUT2D eigenvalue weighted by Crippen LogP contribution is 2.33. The van der Waals surface area contributed by atoms with Gasteiger partial charge in [0.1, 0.15) is 5.75 Å². The van der Waals surface area contributed by atoms with Crippen LogP contribution in [0.4, 0.5) is 8.78 Å². The van der Waals surface area contributed by atoms with E-state index < -0.39 is 12.5 Å². The van der Waals surface area contributed by atoms with Crippen molar-refractivity contribution in [2.75, 3.05) is 26.2 Å². The fourth-order valence-electron chi connectivity index (χ4n) is 2.58. The van der Waals surface area contributed by atoms with E-state index in [0.717, 1.165) is 31.7 Å². The molecule has 3 nitrogen and oxygen atoms in total. The molecule has 1 fully saturated rings. The summed E-state index contributed by atoms with van der Waals surface area (Å²) < 4.78 is 25.7. The molecule has 0 aliphatic carbocycles. The number of alkyl halides is 2. The Hall–Kier alpha value is -1.20. The quantitative estimate of drug-likeness (QED) is 0.881. The monoisotopic (exact) mass is 270 g/mol. The number of benzene rings is 1. The third-order valence-electron chi connectivity index (χ3n) is 3.54. The summed E-state index contributed by atoms with van der Waals surface area (Å²) in [6.45, 7) is 4.95. The van der Waals surface area contributed by atoms with Crippen LogP contribution >= 0.6 is 0 Å². The molecule has 1 aliphatic rings. The molecule has 1 aromatic rings. The second-order valence-corrected chi connectivity index (χ2v) is 4.99. The number of halogens is 2. The molecule has 1 aliphatic heterocycles. The highest BCUT2D eigenvalue weighted by Gasteiger charge is 2.27. The van der Waals surface area contributed by atoms with Gasteiger partial charge in [-0.15, -0.1) is 0 Å². The summed E-state index contributed by atoms with van der Waals surface area (Å²) in [4.78, 5) is 2.02. The first-order valence-electron chi connectivity index (χ1n) is 6.60. The molecule has 0 radical (unpaired) electrons. The Morgan fingerprint density at radius 1 is 1.32 bits per heavy atom. The van der Waals surface area contributed by atoms with Gasteiger partial charge in [-0.25, -0.2) is 8.78 Å². The SMILES string of the molecule is Cc1ccc(O)c([C@@H](CC(F)F)N2CCNCC2)c1. The Kier molecular flexibility index (Phi) is 4.71. The van der Waals surface area contributed by atoms with Crippen molar-refractivity contribution < 1.29 is 13.9 Å². The van der Waals surface area contributed by atoms with Gasteiger partial charge >= 0.3 is 0 Å². The molecule has 2 N–H and O–H groups in total. The zero-order valence-electron chi connectivity index (χ0n) is 11.1. The van der Waals surface area contributed by atoms with E-state index in [4.69, 9.17) is 0 Å². The van der Waals surface area contributed by atoms with E-state index in [1.165, 1.54) is 0 Å². The molecule has 1 atom stereocenters. The van der Waals surface area contributed by atoms with Crippen molar-refractivity contribution in [2.24, 2.45) is 0 Å². The lowest BCUT2D eigenvalue weighted by Crippen LogP contribution is -2.45. The van der Waals surface area contributed by atoms with E-state index in [1.54, 1.807) is 12.1 Å². The smallest absolute Gasteiger partial charge is 0.240 e. The molecule has 0 saturated carbocycles. The fourth-order valence-corrected chi connectivity index (χ4v) is 2.58. The van der Waals surface area contributed by atoms with E-state index in [-0.39, 0.29) is 12.2 Å². The van der Waals surface area contributed by atoms with Crippen molar-refractivity contribution in [3.63, 3.8) is 0 Å². The van der Waals surface area contributed by atoms with Gasteiger partial charge in [0.2, 0.25) is 6.43 Å². The summed E-state index contributed by atoms with van der Waals surface area (Å²) in [5, 5.41) is 13.2. The lowest BCUT2D eigenvalue weighted by molar-refractivity contribution is 0.0729. The van der Waals surface area contributed by atoms with Crippen LogP contribution in [0.1, 0.15) is 23.6 Å². The highest BCUT2D eigenvalue weighted by atomic mass is 19.3. The minimum atomic E-state index is -2.38.